The molecule has 5 nitrogen and oxygen atoms in total. The minimum absolute atomic E-state index is 0.629. The molecule has 2 aromatic rings. The van der Waals surface area contributed by atoms with Gasteiger partial charge in [0.15, 0.2) is 0 Å². The first kappa shape index (κ1) is 10.9. The van der Waals surface area contributed by atoms with E-state index in [0.29, 0.717) is 11.6 Å². The monoisotopic (exact) mass is 239 g/mol. The zero-order valence-corrected chi connectivity index (χ0v) is 9.87. The van der Waals surface area contributed by atoms with Gasteiger partial charge in [-0.1, -0.05) is 11.3 Å². The first-order valence-electron chi connectivity index (χ1n) is 6.00. The largest absolute Gasteiger partial charge is 0.308 e. The number of hydrogen-bond acceptors (Lipinski definition) is 4. The van der Waals surface area contributed by atoms with Gasteiger partial charge in [0.25, 0.3) is 0 Å². The summed E-state index contributed by atoms with van der Waals surface area (Å²) in [6, 6.07) is 10.2. The molecule has 1 aromatic heterocycles. The summed E-state index contributed by atoms with van der Waals surface area (Å²) < 4.78 is 1.77. The van der Waals surface area contributed by atoms with Gasteiger partial charge in [0, 0.05) is 12.6 Å². The maximum Gasteiger partial charge on any atom is 0.0992 e. The summed E-state index contributed by atoms with van der Waals surface area (Å²) in [4.78, 5) is 0. The highest BCUT2D eigenvalue weighted by atomic mass is 15.4. The standard InChI is InChI=1S/C13H13N5/c14-7-10-2-1-3-12(6-10)18-13(9-16-17-18)8-15-11-4-5-11/h1-3,6,9,11,15H,4-5,8H2. The minimum atomic E-state index is 0.629. The zero-order valence-electron chi connectivity index (χ0n) is 9.87. The summed E-state index contributed by atoms with van der Waals surface area (Å²) in [5.74, 6) is 0. The van der Waals surface area contributed by atoms with E-state index in [1.807, 2.05) is 18.2 Å². The lowest BCUT2D eigenvalue weighted by Crippen LogP contribution is -2.18. The van der Waals surface area contributed by atoms with Gasteiger partial charge in [0.2, 0.25) is 0 Å². The van der Waals surface area contributed by atoms with Crippen LogP contribution in [-0.4, -0.2) is 21.0 Å². The lowest BCUT2D eigenvalue weighted by Gasteiger charge is -2.07. The van der Waals surface area contributed by atoms with Gasteiger partial charge >= 0.3 is 0 Å². The summed E-state index contributed by atoms with van der Waals surface area (Å²) in [6.45, 7) is 0.758. The lowest BCUT2D eigenvalue weighted by molar-refractivity contribution is 0.647. The van der Waals surface area contributed by atoms with Crippen LogP contribution in [0.1, 0.15) is 24.1 Å². The van der Waals surface area contributed by atoms with E-state index in [4.69, 9.17) is 5.26 Å². The molecule has 0 amide bonds. The van der Waals surface area contributed by atoms with E-state index in [1.165, 1.54) is 12.8 Å². The van der Waals surface area contributed by atoms with Gasteiger partial charge in [-0.05, 0) is 31.0 Å². The van der Waals surface area contributed by atoms with Crippen molar-refractivity contribution >= 4 is 0 Å². The number of benzene rings is 1. The van der Waals surface area contributed by atoms with Gasteiger partial charge in [-0.25, -0.2) is 4.68 Å². The predicted molar refractivity (Wildman–Crippen MR) is 65.9 cm³/mol. The Kier molecular flexibility index (Phi) is 2.79. The molecule has 0 atom stereocenters. The van der Waals surface area contributed by atoms with E-state index in [1.54, 1.807) is 16.9 Å². The van der Waals surface area contributed by atoms with Crippen molar-refractivity contribution in [3.05, 3.63) is 41.7 Å². The number of nitrogens with zero attached hydrogens (tertiary/aromatic N) is 4. The van der Waals surface area contributed by atoms with E-state index in [9.17, 15) is 0 Å². The normalized spacial score (nSPS) is 14.4. The van der Waals surface area contributed by atoms with Crippen LogP contribution in [0.4, 0.5) is 0 Å². The van der Waals surface area contributed by atoms with E-state index < -0.39 is 0 Å². The third-order valence-corrected chi connectivity index (χ3v) is 2.99. The molecule has 1 aromatic carbocycles. The average molecular weight is 239 g/mol. The Morgan fingerprint density at radius 2 is 2.33 bits per heavy atom. The second-order valence-corrected chi connectivity index (χ2v) is 4.45. The van der Waals surface area contributed by atoms with Crippen molar-refractivity contribution in [1.82, 2.24) is 20.3 Å². The number of aromatic nitrogens is 3. The molecule has 0 aliphatic heterocycles. The molecule has 18 heavy (non-hydrogen) atoms. The fourth-order valence-corrected chi connectivity index (χ4v) is 1.84. The fraction of sp³-hybridized carbons (Fsp3) is 0.308. The third-order valence-electron chi connectivity index (χ3n) is 2.99. The van der Waals surface area contributed by atoms with Gasteiger partial charge in [0.05, 0.1) is 29.2 Å². The average Bonchev–Trinajstić information content (AvgIpc) is 3.13. The van der Waals surface area contributed by atoms with Crippen molar-refractivity contribution in [1.29, 1.82) is 5.26 Å². The van der Waals surface area contributed by atoms with Crippen molar-refractivity contribution < 1.29 is 0 Å². The van der Waals surface area contributed by atoms with Gasteiger partial charge < -0.3 is 5.32 Å². The Morgan fingerprint density at radius 1 is 1.44 bits per heavy atom. The van der Waals surface area contributed by atoms with Crippen LogP contribution in [0.25, 0.3) is 5.69 Å². The van der Waals surface area contributed by atoms with E-state index in [-0.39, 0.29) is 0 Å². The quantitative estimate of drug-likeness (QED) is 0.875. The number of nitrogens with one attached hydrogen (secondary N) is 1. The molecule has 3 rings (SSSR count). The highest BCUT2D eigenvalue weighted by Gasteiger charge is 2.20. The molecular weight excluding hydrogens is 226 g/mol. The maximum absolute atomic E-state index is 8.91. The highest BCUT2D eigenvalue weighted by molar-refractivity contribution is 5.41. The number of rotatable bonds is 4. The molecule has 0 radical (unpaired) electrons. The summed E-state index contributed by atoms with van der Waals surface area (Å²) >= 11 is 0. The van der Waals surface area contributed by atoms with Crippen LogP contribution in [0.2, 0.25) is 0 Å². The van der Waals surface area contributed by atoms with Crippen LogP contribution in [-0.2, 0) is 6.54 Å². The minimum Gasteiger partial charge on any atom is -0.308 e. The second-order valence-electron chi connectivity index (χ2n) is 4.45. The first-order valence-corrected chi connectivity index (χ1v) is 6.00. The highest BCUT2D eigenvalue weighted by Crippen LogP contribution is 2.19. The second kappa shape index (κ2) is 4.59. The molecule has 1 aliphatic rings. The Bertz CT molecular complexity index is 591. The molecule has 1 saturated carbocycles. The summed E-state index contributed by atoms with van der Waals surface area (Å²) in [7, 11) is 0. The Morgan fingerprint density at radius 3 is 3.11 bits per heavy atom. The summed E-state index contributed by atoms with van der Waals surface area (Å²) in [6.07, 6.45) is 4.27. The fourth-order valence-electron chi connectivity index (χ4n) is 1.84. The van der Waals surface area contributed by atoms with Gasteiger partial charge in [-0.15, -0.1) is 5.10 Å². The Balaban J connectivity index is 1.85. The number of hydrogen-bond donors (Lipinski definition) is 1. The smallest absolute Gasteiger partial charge is 0.0992 e. The van der Waals surface area contributed by atoms with E-state index in [0.717, 1.165) is 17.9 Å². The summed E-state index contributed by atoms with van der Waals surface area (Å²) in [5, 5.41) is 20.4. The lowest BCUT2D eigenvalue weighted by atomic mass is 10.2. The molecule has 1 fully saturated rings. The molecule has 90 valence electrons. The topological polar surface area (TPSA) is 66.5 Å². The van der Waals surface area contributed by atoms with Crippen molar-refractivity contribution in [2.75, 3.05) is 0 Å². The van der Waals surface area contributed by atoms with Crippen LogP contribution in [0.3, 0.4) is 0 Å². The molecule has 1 aliphatic carbocycles. The van der Waals surface area contributed by atoms with E-state index in [2.05, 4.69) is 21.7 Å². The van der Waals surface area contributed by atoms with Crippen LogP contribution < -0.4 is 5.32 Å². The number of nitriles is 1. The van der Waals surface area contributed by atoms with Crippen LogP contribution in [0.5, 0.6) is 0 Å². The molecule has 0 bridgehead atoms. The van der Waals surface area contributed by atoms with Crippen molar-refractivity contribution in [3.63, 3.8) is 0 Å². The molecule has 0 spiro atoms. The zero-order chi connectivity index (χ0) is 12.4. The third kappa shape index (κ3) is 2.24. The van der Waals surface area contributed by atoms with Gasteiger partial charge in [0.1, 0.15) is 0 Å². The molecular formula is C13H13N5. The predicted octanol–water partition coefficient (Wildman–Crippen LogP) is 1.39. The SMILES string of the molecule is N#Cc1cccc(-n2nncc2CNC2CC2)c1. The van der Waals surface area contributed by atoms with Crippen LogP contribution in [0, 0.1) is 11.3 Å². The van der Waals surface area contributed by atoms with Crippen LogP contribution in [0.15, 0.2) is 30.5 Å². The van der Waals surface area contributed by atoms with Gasteiger partial charge in [-0.3, -0.25) is 0 Å². The maximum atomic E-state index is 8.91. The Labute approximate surface area is 105 Å². The van der Waals surface area contributed by atoms with Crippen LogP contribution >= 0.6 is 0 Å². The van der Waals surface area contributed by atoms with Gasteiger partial charge in [-0.2, -0.15) is 5.26 Å². The molecule has 0 saturated heterocycles. The molecule has 1 heterocycles. The first-order chi connectivity index (χ1) is 8.86. The molecule has 0 unspecified atom stereocenters. The van der Waals surface area contributed by atoms with Crippen molar-refractivity contribution in [2.24, 2.45) is 0 Å². The Hall–Kier alpha value is -2.19. The molecule has 1 N–H and O–H groups in total. The van der Waals surface area contributed by atoms with Crippen molar-refractivity contribution in [2.45, 2.75) is 25.4 Å². The summed E-state index contributed by atoms with van der Waals surface area (Å²) in [5.41, 5.74) is 2.51. The van der Waals surface area contributed by atoms with E-state index >= 15 is 0 Å². The molecule has 5 heteroatoms. The van der Waals surface area contributed by atoms with Crippen molar-refractivity contribution in [3.8, 4) is 11.8 Å².